The molecule has 0 saturated carbocycles. The number of pyridine rings is 2. The quantitative estimate of drug-likeness (QED) is 0.546. The molecule has 1 atom stereocenters. The van der Waals surface area contributed by atoms with E-state index < -0.39 is 5.91 Å². The van der Waals surface area contributed by atoms with E-state index in [1.807, 2.05) is 19.1 Å². The molecule has 3 aromatic heterocycles. The molecule has 0 radical (unpaired) electrons. The number of aromatic amines is 1. The maximum absolute atomic E-state index is 12.2. The summed E-state index contributed by atoms with van der Waals surface area (Å²) in [6.45, 7) is 3.76. The number of carbonyl (C=O) groups is 1. The summed E-state index contributed by atoms with van der Waals surface area (Å²) in [5.74, 6) is -0.488. The lowest BCUT2D eigenvalue weighted by Crippen LogP contribution is -2.21. The number of nitrogens with two attached hydrogens (primary N) is 1. The predicted octanol–water partition coefficient (Wildman–Crippen LogP) is 3.41. The second kappa shape index (κ2) is 7.11. The van der Waals surface area contributed by atoms with Gasteiger partial charge in [-0.15, -0.1) is 0 Å². The van der Waals surface area contributed by atoms with Crippen molar-refractivity contribution in [2.24, 2.45) is 5.73 Å². The standard InChI is InChI=1S/C23H23N5O2/c1-13-3-4-14(11-25-13)19-10-18(23(24)29)22-21(26-19)17-6-5-15(9-20(17)27-22)28-8-7-16(12-28)30-2/h3-6,9-11,16,27H,7-8,12H2,1-2H3,(H2,24,29)/t16-/m1/s1. The summed E-state index contributed by atoms with van der Waals surface area (Å²) in [5, 5.41) is 0.959. The van der Waals surface area contributed by atoms with Gasteiger partial charge in [0.1, 0.15) is 0 Å². The average Bonchev–Trinajstić information content (AvgIpc) is 3.37. The lowest BCUT2D eigenvalue weighted by Gasteiger charge is -2.18. The molecule has 1 aliphatic rings. The molecular weight excluding hydrogens is 378 g/mol. The first-order valence-electron chi connectivity index (χ1n) is 10.0. The summed E-state index contributed by atoms with van der Waals surface area (Å²) in [7, 11) is 1.76. The summed E-state index contributed by atoms with van der Waals surface area (Å²) in [6.07, 6.45) is 3.04. The minimum absolute atomic E-state index is 0.261. The van der Waals surface area contributed by atoms with E-state index in [0.29, 0.717) is 16.8 Å². The molecule has 7 heteroatoms. The molecule has 1 aromatic carbocycles. The smallest absolute Gasteiger partial charge is 0.250 e. The molecule has 3 N–H and O–H groups in total. The van der Waals surface area contributed by atoms with Crippen LogP contribution in [0.25, 0.3) is 33.2 Å². The van der Waals surface area contributed by atoms with Crippen LogP contribution in [0.15, 0.2) is 42.6 Å². The van der Waals surface area contributed by atoms with E-state index in [-0.39, 0.29) is 6.10 Å². The number of amides is 1. The summed E-state index contributed by atoms with van der Waals surface area (Å²) in [5.41, 5.74) is 12.0. The lowest BCUT2D eigenvalue weighted by atomic mass is 10.1. The largest absolute Gasteiger partial charge is 0.380 e. The lowest BCUT2D eigenvalue weighted by molar-refractivity contribution is 0.100. The molecule has 152 valence electrons. The van der Waals surface area contributed by atoms with Crippen LogP contribution in [0.2, 0.25) is 0 Å². The number of benzene rings is 1. The monoisotopic (exact) mass is 401 g/mol. The number of nitrogens with one attached hydrogen (secondary N) is 1. The SMILES string of the molecule is CO[C@@H]1CCN(c2ccc3c(c2)[nH]c2c(C(N)=O)cc(-c4ccc(C)nc4)nc23)C1. The highest BCUT2D eigenvalue weighted by molar-refractivity contribution is 6.14. The summed E-state index contributed by atoms with van der Waals surface area (Å²) < 4.78 is 5.49. The van der Waals surface area contributed by atoms with Gasteiger partial charge in [-0.2, -0.15) is 0 Å². The molecule has 1 amide bonds. The number of ether oxygens (including phenoxy) is 1. The van der Waals surface area contributed by atoms with Crippen molar-refractivity contribution in [2.75, 3.05) is 25.1 Å². The number of methoxy groups -OCH3 is 1. The number of H-pyrrole nitrogens is 1. The fraction of sp³-hybridized carbons (Fsp3) is 0.261. The Kier molecular flexibility index (Phi) is 4.40. The zero-order valence-electron chi connectivity index (χ0n) is 17.0. The van der Waals surface area contributed by atoms with E-state index in [1.54, 1.807) is 19.4 Å². The molecule has 4 aromatic rings. The van der Waals surface area contributed by atoms with Crippen molar-refractivity contribution >= 4 is 33.5 Å². The van der Waals surface area contributed by atoms with E-state index in [4.69, 9.17) is 15.5 Å². The Morgan fingerprint density at radius 1 is 1.27 bits per heavy atom. The third kappa shape index (κ3) is 3.07. The third-order valence-corrected chi connectivity index (χ3v) is 5.85. The van der Waals surface area contributed by atoms with E-state index >= 15 is 0 Å². The van der Waals surface area contributed by atoms with E-state index in [9.17, 15) is 4.79 Å². The Hall–Kier alpha value is -3.45. The summed E-state index contributed by atoms with van der Waals surface area (Å²) in [4.78, 5) is 27.1. The normalized spacial score (nSPS) is 16.6. The minimum Gasteiger partial charge on any atom is -0.380 e. The highest BCUT2D eigenvalue weighted by atomic mass is 16.5. The number of primary amides is 1. The van der Waals surface area contributed by atoms with Gasteiger partial charge in [0.2, 0.25) is 0 Å². The molecule has 0 bridgehead atoms. The number of aryl methyl sites for hydroxylation is 1. The highest BCUT2D eigenvalue weighted by Crippen LogP contribution is 2.33. The molecule has 5 rings (SSSR count). The Balaban J connectivity index is 1.66. The van der Waals surface area contributed by atoms with Gasteiger partial charge in [-0.05, 0) is 49.7 Å². The van der Waals surface area contributed by atoms with E-state index in [0.717, 1.165) is 52.9 Å². The molecule has 0 aliphatic carbocycles. The maximum Gasteiger partial charge on any atom is 0.250 e. The Labute approximate surface area is 173 Å². The average molecular weight is 401 g/mol. The molecule has 7 nitrogen and oxygen atoms in total. The van der Waals surface area contributed by atoms with Crippen molar-refractivity contribution in [3.05, 3.63) is 53.9 Å². The first-order chi connectivity index (χ1) is 14.5. The van der Waals surface area contributed by atoms with Crippen LogP contribution in [0, 0.1) is 6.92 Å². The van der Waals surface area contributed by atoms with Crippen molar-refractivity contribution in [3.63, 3.8) is 0 Å². The molecule has 1 aliphatic heterocycles. The highest BCUT2D eigenvalue weighted by Gasteiger charge is 2.23. The molecule has 4 heterocycles. The Bertz CT molecular complexity index is 1260. The number of anilines is 1. The van der Waals surface area contributed by atoms with Crippen LogP contribution in [-0.4, -0.2) is 47.2 Å². The molecule has 1 fully saturated rings. The number of aromatic nitrogens is 3. The topological polar surface area (TPSA) is 97.1 Å². The number of hydrogen-bond donors (Lipinski definition) is 2. The fourth-order valence-electron chi connectivity index (χ4n) is 4.16. The number of carbonyl (C=O) groups excluding carboxylic acids is 1. The number of hydrogen-bond acceptors (Lipinski definition) is 5. The minimum atomic E-state index is -0.488. The van der Waals surface area contributed by atoms with Crippen LogP contribution in [0.4, 0.5) is 5.69 Å². The second-order valence-corrected chi connectivity index (χ2v) is 7.78. The van der Waals surface area contributed by atoms with Gasteiger partial charge in [-0.1, -0.05) is 0 Å². The van der Waals surface area contributed by atoms with Crippen LogP contribution in [0.3, 0.4) is 0 Å². The van der Waals surface area contributed by atoms with E-state index in [1.165, 1.54) is 0 Å². The fourth-order valence-corrected chi connectivity index (χ4v) is 4.16. The molecule has 1 saturated heterocycles. The Morgan fingerprint density at radius 2 is 2.13 bits per heavy atom. The van der Waals surface area contributed by atoms with E-state index in [2.05, 4.69) is 33.1 Å². The second-order valence-electron chi connectivity index (χ2n) is 7.78. The zero-order chi connectivity index (χ0) is 20.8. The van der Waals surface area contributed by atoms with Gasteiger partial charge in [0.15, 0.2) is 0 Å². The van der Waals surface area contributed by atoms with Gasteiger partial charge in [0, 0.05) is 48.7 Å². The van der Waals surface area contributed by atoms with Crippen LogP contribution < -0.4 is 10.6 Å². The van der Waals surface area contributed by atoms with Gasteiger partial charge in [0.05, 0.1) is 33.9 Å². The number of rotatable bonds is 4. The Morgan fingerprint density at radius 3 is 2.83 bits per heavy atom. The molecule has 30 heavy (non-hydrogen) atoms. The number of nitrogens with zero attached hydrogens (tertiary/aromatic N) is 3. The van der Waals surface area contributed by atoms with Crippen molar-refractivity contribution in [1.29, 1.82) is 0 Å². The van der Waals surface area contributed by atoms with Gasteiger partial charge in [-0.3, -0.25) is 9.78 Å². The summed E-state index contributed by atoms with van der Waals surface area (Å²) in [6, 6.07) is 11.9. The van der Waals surface area contributed by atoms with Crippen LogP contribution >= 0.6 is 0 Å². The van der Waals surface area contributed by atoms with Gasteiger partial charge in [0.25, 0.3) is 5.91 Å². The van der Waals surface area contributed by atoms with Crippen molar-refractivity contribution < 1.29 is 9.53 Å². The molecule has 0 spiro atoms. The van der Waals surface area contributed by atoms with Crippen LogP contribution in [0.1, 0.15) is 22.5 Å². The van der Waals surface area contributed by atoms with Crippen molar-refractivity contribution in [1.82, 2.24) is 15.0 Å². The molecular formula is C23H23N5O2. The van der Waals surface area contributed by atoms with Gasteiger partial charge in [-0.25, -0.2) is 4.98 Å². The van der Waals surface area contributed by atoms with Gasteiger partial charge >= 0.3 is 0 Å². The first kappa shape index (κ1) is 18.6. The van der Waals surface area contributed by atoms with Crippen molar-refractivity contribution in [2.45, 2.75) is 19.4 Å². The molecule has 0 unspecified atom stereocenters. The zero-order valence-corrected chi connectivity index (χ0v) is 17.0. The third-order valence-electron chi connectivity index (χ3n) is 5.85. The number of fused-ring (bicyclic) bond motifs is 3. The van der Waals surface area contributed by atoms with Crippen LogP contribution in [-0.2, 0) is 4.74 Å². The first-order valence-corrected chi connectivity index (χ1v) is 10.0. The van der Waals surface area contributed by atoms with Crippen molar-refractivity contribution in [3.8, 4) is 11.3 Å². The van der Waals surface area contributed by atoms with Gasteiger partial charge < -0.3 is 20.4 Å². The maximum atomic E-state index is 12.2. The predicted molar refractivity (Wildman–Crippen MR) is 118 cm³/mol. The summed E-state index contributed by atoms with van der Waals surface area (Å²) >= 11 is 0. The van der Waals surface area contributed by atoms with Crippen LogP contribution in [0.5, 0.6) is 0 Å².